The molecule has 1 aliphatic heterocycles. The second-order valence-corrected chi connectivity index (χ2v) is 9.83. The number of nitrogens with zero attached hydrogens (tertiary/aromatic N) is 1. The molecule has 1 fully saturated rings. The largest absolute Gasteiger partial charge is 0.444 e. The zero-order valence-electron chi connectivity index (χ0n) is 19.1. The van der Waals surface area contributed by atoms with Gasteiger partial charge in [0.2, 0.25) is 11.8 Å². The first-order chi connectivity index (χ1) is 13.3. The van der Waals surface area contributed by atoms with Crippen molar-refractivity contribution in [3.63, 3.8) is 0 Å². The summed E-state index contributed by atoms with van der Waals surface area (Å²) in [4.78, 5) is 37.9. The highest BCUT2D eigenvalue weighted by atomic mass is 16.6. The smallest absolute Gasteiger partial charge is 0.410 e. The van der Waals surface area contributed by atoms with E-state index in [2.05, 4.69) is 10.6 Å². The molecule has 3 amide bonds. The number of carbonyl (C=O) groups is 3. The molecule has 0 aliphatic carbocycles. The molecular weight excluding hydrogens is 370 g/mol. The van der Waals surface area contributed by atoms with E-state index in [-0.39, 0.29) is 35.3 Å². The Hall–Kier alpha value is -2.05. The van der Waals surface area contributed by atoms with Crippen molar-refractivity contribution < 1.29 is 19.1 Å². The number of ether oxygens (including phenoxy) is 1. The Morgan fingerprint density at radius 3 is 2.17 bits per heavy atom. The van der Waals surface area contributed by atoms with Crippen molar-refractivity contribution in [1.29, 1.82) is 0 Å². The molecule has 1 heterocycles. The maximum atomic E-state index is 12.9. The van der Waals surface area contributed by atoms with Gasteiger partial charge in [0.15, 0.2) is 0 Å². The number of nitrogens with one attached hydrogen (secondary N) is 2. The first kappa shape index (κ1) is 25.0. The first-order valence-corrected chi connectivity index (χ1v) is 10.5. The predicted molar refractivity (Wildman–Crippen MR) is 114 cm³/mol. The SMILES string of the molecule is CC(=O)NC=CCCC(C(=O)NC(C)(C)C)C1CCN(C(=O)OC(C)(C)C)CC1. The lowest BCUT2D eigenvalue weighted by atomic mass is 9.80. The van der Waals surface area contributed by atoms with Crippen LogP contribution < -0.4 is 10.6 Å². The zero-order valence-corrected chi connectivity index (χ0v) is 19.1. The van der Waals surface area contributed by atoms with Crippen LogP contribution in [0.3, 0.4) is 0 Å². The zero-order chi connectivity index (χ0) is 22.2. The Morgan fingerprint density at radius 1 is 1.10 bits per heavy atom. The van der Waals surface area contributed by atoms with Crippen molar-refractivity contribution in [3.8, 4) is 0 Å². The van der Waals surface area contributed by atoms with E-state index in [0.717, 1.165) is 12.8 Å². The Kier molecular flexibility index (Phi) is 9.17. The fourth-order valence-electron chi connectivity index (χ4n) is 3.39. The highest BCUT2D eigenvalue weighted by Gasteiger charge is 2.34. The molecule has 0 saturated carbocycles. The van der Waals surface area contributed by atoms with Crippen LogP contribution in [0.1, 0.15) is 74.1 Å². The van der Waals surface area contributed by atoms with Crippen LogP contribution in [0.5, 0.6) is 0 Å². The van der Waals surface area contributed by atoms with Gasteiger partial charge in [0.05, 0.1) is 0 Å². The molecule has 1 unspecified atom stereocenters. The van der Waals surface area contributed by atoms with E-state index in [9.17, 15) is 14.4 Å². The number of rotatable bonds is 6. The van der Waals surface area contributed by atoms with Gasteiger partial charge in [0, 0.05) is 31.5 Å². The summed E-state index contributed by atoms with van der Waals surface area (Å²) in [5, 5.41) is 5.73. The van der Waals surface area contributed by atoms with Crippen LogP contribution in [-0.2, 0) is 14.3 Å². The van der Waals surface area contributed by atoms with Crippen molar-refractivity contribution in [3.05, 3.63) is 12.3 Å². The summed E-state index contributed by atoms with van der Waals surface area (Å²) in [5.74, 6) is 0.0288. The van der Waals surface area contributed by atoms with E-state index in [0.29, 0.717) is 25.9 Å². The highest BCUT2D eigenvalue weighted by Crippen LogP contribution is 2.30. The van der Waals surface area contributed by atoms with Crippen molar-refractivity contribution in [2.45, 2.75) is 85.3 Å². The molecule has 7 nitrogen and oxygen atoms in total. The third-order valence-corrected chi connectivity index (χ3v) is 4.64. The van der Waals surface area contributed by atoms with E-state index in [1.54, 1.807) is 11.1 Å². The summed E-state index contributed by atoms with van der Waals surface area (Å²) in [7, 11) is 0. The Morgan fingerprint density at radius 2 is 1.69 bits per heavy atom. The number of amides is 3. The van der Waals surface area contributed by atoms with Crippen molar-refractivity contribution in [2.75, 3.05) is 13.1 Å². The molecule has 0 aromatic heterocycles. The number of hydrogen-bond donors (Lipinski definition) is 2. The standard InChI is InChI=1S/C22H39N3O4/c1-16(26)23-13-9-8-10-18(19(27)24-21(2,3)4)17-11-14-25(15-12-17)20(28)29-22(5,6)7/h9,13,17-18H,8,10-12,14-15H2,1-7H3,(H,23,26)(H,24,27). The minimum Gasteiger partial charge on any atom is -0.444 e. The number of likely N-dealkylation sites (tertiary alicyclic amines) is 1. The molecule has 2 N–H and O–H groups in total. The second-order valence-electron chi connectivity index (χ2n) is 9.83. The van der Waals surface area contributed by atoms with E-state index in [1.165, 1.54) is 6.92 Å². The van der Waals surface area contributed by atoms with E-state index < -0.39 is 5.60 Å². The minimum absolute atomic E-state index is 0.0566. The van der Waals surface area contributed by atoms with Gasteiger partial charge in [-0.15, -0.1) is 0 Å². The van der Waals surface area contributed by atoms with Gasteiger partial charge in [-0.2, -0.15) is 0 Å². The lowest BCUT2D eigenvalue weighted by Gasteiger charge is -2.37. The normalized spacial score (nSPS) is 17.1. The van der Waals surface area contributed by atoms with E-state index in [4.69, 9.17) is 4.74 Å². The lowest BCUT2D eigenvalue weighted by molar-refractivity contribution is -0.129. The Bertz CT molecular complexity index is 594. The molecule has 1 atom stereocenters. The molecule has 166 valence electrons. The van der Waals surface area contributed by atoms with Gasteiger partial charge in [-0.1, -0.05) is 6.08 Å². The Balaban J connectivity index is 2.71. The van der Waals surface area contributed by atoms with Crippen LogP contribution in [0.25, 0.3) is 0 Å². The topological polar surface area (TPSA) is 87.7 Å². The molecular formula is C22H39N3O4. The average Bonchev–Trinajstić information content (AvgIpc) is 2.54. The van der Waals surface area contributed by atoms with Crippen LogP contribution >= 0.6 is 0 Å². The molecule has 1 aliphatic rings. The highest BCUT2D eigenvalue weighted by molar-refractivity contribution is 5.79. The van der Waals surface area contributed by atoms with Crippen molar-refractivity contribution >= 4 is 17.9 Å². The van der Waals surface area contributed by atoms with Gasteiger partial charge < -0.3 is 20.3 Å². The summed E-state index contributed by atoms with van der Waals surface area (Å²) >= 11 is 0. The quantitative estimate of drug-likeness (QED) is 0.702. The molecule has 29 heavy (non-hydrogen) atoms. The second kappa shape index (κ2) is 10.6. The van der Waals surface area contributed by atoms with Crippen LogP contribution in [0, 0.1) is 11.8 Å². The van der Waals surface area contributed by atoms with Crippen molar-refractivity contribution in [1.82, 2.24) is 15.5 Å². The molecule has 0 bridgehead atoms. The van der Waals surface area contributed by atoms with Crippen LogP contribution in [0.4, 0.5) is 4.79 Å². The van der Waals surface area contributed by atoms with Crippen LogP contribution in [-0.4, -0.2) is 47.0 Å². The first-order valence-electron chi connectivity index (χ1n) is 10.5. The number of piperidine rings is 1. The van der Waals surface area contributed by atoms with E-state index >= 15 is 0 Å². The maximum Gasteiger partial charge on any atom is 0.410 e. The fraction of sp³-hybridized carbons (Fsp3) is 0.773. The molecule has 1 rings (SSSR count). The van der Waals surface area contributed by atoms with Gasteiger partial charge in [0.1, 0.15) is 5.60 Å². The summed E-state index contributed by atoms with van der Waals surface area (Å²) in [6.45, 7) is 14.2. The van der Waals surface area contributed by atoms with Gasteiger partial charge >= 0.3 is 6.09 Å². The minimum atomic E-state index is -0.511. The molecule has 0 radical (unpaired) electrons. The molecule has 0 aromatic rings. The summed E-state index contributed by atoms with van der Waals surface area (Å²) in [6.07, 6.45) is 6.18. The van der Waals surface area contributed by atoms with Crippen LogP contribution in [0.15, 0.2) is 12.3 Å². The third kappa shape index (κ3) is 10.3. The Labute approximate surface area is 175 Å². The summed E-state index contributed by atoms with van der Waals surface area (Å²) < 4.78 is 5.46. The molecule has 0 aromatic carbocycles. The number of allylic oxidation sites excluding steroid dienone is 1. The molecule has 7 heteroatoms. The van der Waals surface area contributed by atoms with Gasteiger partial charge in [-0.25, -0.2) is 4.79 Å². The van der Waals surface area contributed by atoms with Crippen molar-refractivity contribution in [2.24, 2.45) is 11.8 Å². The third-order valence-electron chi connectivity index (χ3n) is 4.64. The van der Waals surface area contributed by atoms with Gasteiger partial charge in [-0.05, 0) is 79.3 Å². The monoisotopic (exact) mass is 409 g/mol. The molecule has 0 spiro atoms. The fourth-order valence-corrected chi connectivity index (χ4v) is 3.39. The average molecular weight is 410 g/mol. The van der Waals surface area contributed by atoms with E-state index in [1.807, 2.05) is 47.6 Å². The predicted octanol–water partition coefficient (Wildman–Crippen LogP) is 3.59. The molecule has 1 saturated heterocycles. The lowest BCUT2D eigenvalue weighted by Crippen LogP contribution is -2.48. The number of carbonyl (C=O) groups excluding carboxylic acids is 3. The summed E-state index contributed by atoms with van der Waals surface area (Å²) in [6, 6.07) is 0. The summed E-state index contributed by atoms with van der Waals surface area (Å²) in [5.41, 5.74) is -0.804. The maximum absolute atomic E-state index is 12.9. The van der Waals surface area contributed by atoms with Gasteiger partial charge in [-0.3, -0.25) is 9.59 Å². The van der Waals surface area contributed by atoms with Gasteiger partial charge in [0.25, 0.3) is 0 Å². The number of hydrogen-bond acceptors (Lipinski definition) is 4. The van der Waals surface area contributed by atoms with Crippen LogP contribution in [0.2, 0.25) is 0 Å².